The summed E-state index contributed by atoms with van der Waals surface area (Å²) in [6.07, 6.45) is -0.998. The Bertz CT molecular complexity index is 1180. The van der Waals surface area contributed by atoms with Crippen molar-refractivity contribution in [3.8, 4) is 5.75 Å². The Labute approximate surface area is 154 Å². The summed E-state index contributed by atoms with van der Waals surface area (Å²) in [7, 11) is 0. The number of hydrogen-bond acceptors (Lipinski definition) is 4. The summed E-state index contributed by atoms with van der Waals surface area (Å²) in [5, 5.41) is 15.3. The first-order valence-electron chi connectivity index (χ1n) is 8.58. The monoisotopic (exact) mass is 367 g/mol. The smallest absolute Gasteiger partial charge is 0.261 e. The van der Waals surface area contributed by atoms with Gasteiger partial charge in [0.25, 0.3) is 5.56 Å². The molecular formula is C20H18FN3O3. The number of aliphatic hydroxyl groups is 1. The molecular weight excluding hydrogens is 349 g/mol. The van der Waals surface area contributed by atoms with Crippen LogP contribution in [0.3, 0.4) is 0 Å². The summed E-state index contributed by atoms with van der Waals surface area (Å²) in [6.45, 7) is 1.71. The quantitative estimate of drug-likeness (QED) is 0.589. The van der Waals surface area contributed by atoms with E-state index in [1.54, 1.807) is 34.8 Å². The van der Waals surface area contributed by atoms with Crippen molar-refractivity contribution in [2.24, 2.45) is 0 Å². The van der Waals surface area contributed by atoms with E-state index in [0.29, 0.717) is 16.6 Å². The lowest BCUT2D eigenvalue weighted by Gasteiger charge is -2.16. The molecule has 0 radical (unpaired) electrons. The predicted molar refractivity (Wildman–Crippen MR) is 99.6 cm³/mol. The van der Waals surface area contributed by atoms with Crippen molar-refractivity contribution in [1.29, 1.82) is 0 Å². The standard InChI is InChI=1S/C20H18FN3O3/c1-13-10-19-23(11-14(25)12-27-18-9-5-3-7-16(18)21)20(26)15-6-2-4-8-17(15)24(19)22-13/h2-10,14,25H,11-12H2,1H3. The number of rotatable bonds is 5. The van der Waals surface area contributed by atoms with Crippen molar-refractivity contribution in [2.45, 2.75) is 19.6 Å². The van der Waals surface area contributed by atoms with Crippen LogP contribution in [0.15, 0.2) is 59.4 Å². The number of benzene rings is 2. The molecule has 4 rings (SSSR count). The highest BCUT2D eigenvalue weighted by molar-refractivity contribution is 5.80. The minimum Gasteiger partial charge on any atom is -0.488 e. The molecule has 0 fully saturated rings. The molecule has 0 saturated heterocycles. The van der Waals surface area contributed by atoms with E-state index >= 15 is 0 Å². The maximum Gasteiger partial charge on any atom is 0.261 e. The molecule has 1 atom stereocenters. The normalized spacial score (nSPS) is 12.6. The van der Waals surface area contributed by atoms with Crippen molar-refractivity contribution < 1.29 is 14.2 Å². The Balaban J connectivity index is 1.67. The van der Waals surface area contributed by atoms with Crippen molar-refractivity contribution in [2.75, 3.05) is 6.61 Å². The van der Waals surface area contributed by atoms with Crippen molar-refractivity contribution >= 4 is 16.6 Å². The van der Waals surface area contributed by atoms with Gasteiger partial charge in [-0.1, -0.05) is 24.3 Å². The van der Waals surface area contributed by atoms with Crippen LogP contribution < -0.4 is 10.3 Å². The summed E-state index contributed by atoms with van der Waals surface area (Å²) < 4.78 is 22.2. The summed E-state index contributed by atoms with van der Waals surface area (Å²) in [4.78, 5) is 12.9. The Kier molecular flexibility index (Phi) is 4.37. The molecule has 0 bridgehead atoms. The molecule has 6 nitrogen and oxygen atoms in total. The predicted octanol–water partition coefficient (Wildman–Crippen LogP) is 2.54. The van der Waals surface area contributed by atoms with E-state index < -0.39 is 11.9 Å². The van der Waals surface area contributed by atoms with Gasteiger partial charge in [0, 0.05) is 6.07 Å². The number of fused-ring (bicyclic) bond motifs is 3. The van der Waals surface area contributed by atoms with Gasteiger partial charge in [-0.15, -0.1) is 0 Å². The van der Waals surface area contributed by atoms with Gasteiger partial charge in [-0.05, 0) is 31.2 Å². The van der Waals surface area contributed by atoms with Crippen molar-refractivity contribution in [3.05, 3.63) is 76.5 Å². The van der Waals surface area contributed by atoms with Crippen LogP contribution in [0.1, 0.15) is 5.69 Å². The zero-order valence-electron chi connectivity index (χ0n) is 14.7. The van der Waals surface area contributed by atoms with E-state index in [-0.39, 0.29) is 24.5 Å². The van der Waals surface area contributed by atoms with Crippen LogP contribution in [-0.2, 0) is 6.54 Å². The second kappa shape index (κ2) is 6.85. The molecule has 4 aromatic rings. The van der Waals surface area contributed by atoms with Gasteiger partial charge in [0.15, 0.2) is 11.6 Å². The lowest BCUT2D eigenvalue weighted by atomic mass is 10.2. The average molecular weight is 367 g/mol. The van der Waals surface area contributed by atoms with Crippen LogP contribution in [-0.4, -0.2) is 32.0 Å². The summed E-state index contributed by atoms with van der Waals surface area (Å²) in [5.74, 6) is -0.436. The van der Waals surface area contributed by atoms with Gasteiger partial charge in [0.1, 0.15) is 18.4 Å². The lowest BCUT2D eigenvalue weighted by Crippen LogP contribution is -2.31. The van der Waals surface area contributed by atoms with Crippen molar-refractivity contribution in [1.82, 2.24) is 14.2 Å². The van der Waals surface area contributed by atoms with E-state index in [2.05, 4.69) is 5.10 Å². The fraction of sp³-hybridized carbons (Fsp3) is 0.200. The molecule has 0 aliphatic carbocycles. The van der Waals surface area contributed by atoms with E-state index in [4.69, 9.17) is 4.74 Å². The maximum absolute atomic E-state index is 13.6. The number of aromatic nitrogens is 3. The van der Waals surface area contributed by atoms with E-state index in [0.717, 1.165) is 5.69 Å². The molecule has 0 amide bonds. The van der Waals surface area contributed by atoms with Crippen LogP contribution >= 0.6 is 0 Å². The van der Waals surface area contributed by atoms with E-state index in [9.17, 15) is 14.3 Å². The summed E-state index contributed by atoms with van der Waals surface area (Å²) in [6, 6.07) is 15.0. The molecule has 138 valence electrons. The van der Waals surface area contributed by atoms with Gasteiger partial charge in [0.05, 0.1) is 23.1 Å². The maximum atomic E-state index is 13.6. The van der Waals surface area contributed by atoms with Gasteiger partial charge in [-0.25, -0.2) is 8.91 Å². The van der Waals surface area contributed by atoms with Gasteiger partial charge < -0.3 is 9.84 Å². The average Bonchev–Trinajstić information content (AvgIpc) is 3.06. The van der Waals surface area contributed by atoms with Gasteiger partial charge in [0.2, 0.25) is 0 Å². The van der Waals surface area contributed by atoms with Gasteiger partial charge in [-0.2, -0.15) is 5.10 Å². The molecule has 1 N–H and O–H groups in total. The third-order valence-electron chi connectivity index (χ3n) is 4.36. The molecule has 0 saturated carbocycles. The third-order valence-corrected chi connectivity index (χ3v) is 4.36. The van der Waals surface area contributed by atoms with Gasteiger partial charge in [-0.3, -0.25) is 9.36 Å². The highest BCUT2D eigenvalue weighted by atomic mass is 19.1. The third kappa shape index (κ3) is 3.17. The SMILES string of the molecule is Cc1cc2n(CC(O)COc3ccccc3F)c(=O)c3ccccc3n2n1. The molecule has 1 unspecified atom stereocenters. The summed E-state index contributed by atoms with van der Waals surface area (Å²) in [5.41, 5.74) is 1.83. The number of ether oxygens (including phenoxy) is 1. The number of halogens is 1. The molecule has 2 heterocycles. The van der Waals surface area contributed by atoms with Crippen LogP contribution in [0.2, 0.25) is 0 Å². The molecule has 2 aromatic carbocycles. The van der Waals surface area contributed by atoms with Crippen LogP contribution in [0.4, 0.5) is 4.39 Å². The Hall–Kier alpha value is -3.19. The topological polar surface area (TPSA) is 68.8 Å². The minimum absolute atomic E-state index is 0.00670. The van der Waals surface area contributed by atoms with E-state index in [1.165, 1.54) is 16.7 Å². The molecule has 0 aliphatic heterocycles. The second-order valence-corrected chi connectivity index (χ2v) is 6.38. The molecule has 2 aromatic heterocycles. The fourth-order valence-electron chi connectivity index (χ4n) is 3.13. The molecule has 0 spiro atoms. The molecule has 27 heavy (non-hydrogen) atoms. The first-order chi connectivity index (χ1) is 13.0. The molecule has 7 heteroatoms. The number of hydrogen-bond donors (Lipinski definition) is 1. The Morgan fingerprint density at radius 1 is 1.19 bits per heavy atom. The minimum atomic E-state index is -0.998. The molecule has 0 aliphatic rings. The zero-order valence-corrected chi connectivity index (χ0v) is 14.7. The first-order valence-corrected chi connectivity index (χ1v) is 8.58. The van der Waals surface area contributed by atoms with E-state index in [1.807, 2.05) is 19.1 Å². The lowest BCUT2D eigenvalue weighted by molar-refractivity contribution is 0.0906. The fourth-order valence-corrected chi connectivity index (χ4v) is 3.13. The second-order valence-electron chi connectivity index (χ2n) is 6.38. The Morgan fingerprint density at radius 2 is 1.93 bits per heavy atom. The largest absolute Gasteiger partial charge is 0.488 e. The van der Waals surface area contributed by atoms with Crippen molar-refractivity contribution in [3.63, 3.8) is 0 Å². The number of para-hydroxylation sites is 2. The highest BCUT2D eigenvalue weighted by Gasteiger charge is 2.16. The number of nitrogens with zero attached hydrogens (tertiary/aromatic N) is 3. The van der Waals surface area contributed by atoms with Gasteiger partial charge >= 0.3 is 0 Å². The van der Waals surface area contributed by atoms with Crippen LogP contribution in [0, 0.1) is 12.7 Å². The first kappa shape index (κ1) is 17.2. The van der Waals surface area contributed by atoms with Crippen LogP contribution in [0.25, 0.3) is 16.6 Å². The van der Waals surface area contributed by atoms with Crippen LogP contribution in [0.5, 0.6) is 5.75 Å². The zero-order chi connectivity index (χ0) is 19.0. The number of aliphatic hydroxyl groups excluding tert-OH is 1. The summed E-state index contributed by atoms with van der Waals surface area (Å²) >= 11 is 0. The highest BCUT2D eigenvalue weighted by Crippen LogP contribution is 2.17. The Morgan fingerprint density at radius 3 is 2.74 bits per heavy atom. The number of aryl methyl sites for hydroxylation is 1.